The molecule has 1 heterocycles. The average molecular weight is 449 g/mol. The minimum Gasteiger partial charge on any atom is -0.490 e. The highest BCUT2D eigenvalue weighted by Gasteiger charge is 2.19. The number of hydrogen-bond acceptors (Lipinski definition) is 4. The lowest BCUT2D eigenvalue weighted by Crippen LogP contribution is -2.16. The van der Waals surface area contributed by atoms with Gasteiger partial charge in [-0.05, 0) is 43.5 Å². The van der Waals surface area contributed by atoms with Gasteiger partial charge in [-0.25, -0.2) is 13.8 Å². The van der Waals surface area contributed by atoms with Crippen LogP contribution < -0.4 is 10.5 Å². The Bertz CT molecular complexity index is 1050. The van der Waals surface area contributed by atoms with Gasteiger partial charge in [0, 0.05) is 23.4 Å². The normalized spacial score (nSPS) is 11.0. The van der Waals surface area contributed by atoms with Crippen LogP contribution in [0.1, 0.15) is 48.2 Å². The zero-order valence-corrected chi connectivity index (χ0v) is 17.8. The lowest BCUT2D eigenvalue weighted by atomic mass is 10.1. The van der Waals surface area contributed by atoms with Gasteiger partial charge in [-0.2, -0.15) is 0 Å². The number of oxazole rings is 1. The second-order valence-electron chi connectivity index (χ2n) is 7.04. The predicted molar refractivity (Wildman–Crippen MR) is 114 cm³/mol. The number of benzene rings is 2. The number of nitrogens with zero attached hydrogens (tertiary/aromatic N) is 1. The molecular formula is C23H23ClF2N2O3. The van der Waals surface area contributed by atoms with Crippen LogP contribution in [0.25, 0.3) is 11.3 Å². The van der Waals surface area contributed by atoms with E-state index in [0.29, 0.717) is 30.2 Å². The van der Waals surface area contributed by atoms with Gasteiger partial charge < -0.3 is 14.9 Å². The minimum atomic E-state index is -1.18. The van der Waals surface area contributed by atoms with Gasteiger partial charge in [0.2, 0.25) is 0 Å². The summed E-state index contributed by atoms with van der Waals surface area (Å²) in [5, 5.41) is 0.657. The number of carbonyl (C=O) groups excluding carboxylic acids is 1. The Labute approximate surface area is 184 Å². The molecule has 0 aliphatic carbocycles. The molecule has 0 saturated heterocycles. The summed E-state index contributed by atoms with van der Waals surface area (Å²) < 4.78 is 39.0. The molecule has 0 fully saturated rings. The summed E-state index contributed by atoms with van der Waals surface area (Å²) in [7, 11) is 0. The molecule has 3 rings (SSSR count). The molecule has 0 unspecified atom stereocenters. The number of hydrogen-bond donors (Lipinski definition) is 1. The van der Waals surface area contributed by atoms with Crippen molar-refractivity contribution >= 4 is 17.5 Å². The quantitative estimate of drug-likeness (QED) is 0.402. The summed E-state index contributed by atoms with van der Waals surface area (Å²) >= 11 is 5.97. The van der Waals surface area contributed by atoms with E-state index in [1.54, 1.807) is 0 Å². The fourth-order valence-corrected chi connectivity index (χ4v) is 3.29. The number of halogens is 3. The molecule has 31 heavy (non-hydrogen) atoms. The van der Waals surface area contributed by atoms with E-state index in [4.69, 9.17) is 26.5 Å². The first-order valence-electron chi connectivity index (χ1n) is 10.1. The maximum atomic E-state index is 14.2. The van der Waals surface area contributed by atoms with Gasteiger partial charge in [0.15, 0.2) is 17.5 Å². The predicted octanol–water partition coefficient (Wildman–Crippen LogP) is 5.73. The molecule has 164 valence electrons. The number of nitrogens with two attached hydrogens (primary N) is 1. The third kappa shape index (κ3) is 5.61. The number of aryl methyl sites for hydroxylation is 2. The fourth-order valence-electron chi connectivity index (χ4n) is 3.17. The molecule has 0 saturated carbocycles. The molecular weight excluding hydrogens is 426 g/mol. The minimum absolute atomic E-state index is 0.188. The Morgan fingerprint density at radius 2 is 1.87 bits per heavy atom. The molecule has 0 spiro atoms. The largest absolute Gasteiger partial charge is 0.490 e. The molecule has 2 aromatic carbocycles. The van der Waals surface area contributed by atoms with E-state index in [9.17, 15) is 13.6 Å². The SMILES string of the molecule is CCCc1oc(CCCCOc2ccc(F)c(C(N)=O)c2F)nc1-c1ccc(Cl)cc1. The zero-order chi connectivity index (χ0) is 22.4. The maximum absolute atomic E-state index is 14.2. The van der Waals surface area contributed by atoms with Crippen molar-refractivity contribution in [3.63, 3.8) is 0 Å². The average Bonchev–Trinajstić information content (AvgIpc) is 3.12. The topological polar surface area (TPSA) is 78.4 Å². The van der Waals surface area contributed by atoms with Crippen molar-refractivity contribution in [3.8, 4) is 17.0 Å². The van der Waals surface area contributed by atoms with E-state index in [0.717, 1.165) is 42.0 Å². The smallest absolute Gasteiger partial charge is 0.254 e. The third-order valence-corrected chi connectivity index (χ3v) is 4.93. The van der Waals surface area contributed by atoms with Crippen LogP contribution in [-0.4, -0.2) is 17.5 Å². The molecule has 8 heteroatoms. The number of carbonyl (C=O) groups is 1. The Morgan fingerprint density at radius 1 is 1.13 bits per heavy atom. The highest BCUT2D eigenvalue weighted by molar-refractivity contribution is 6.30. The van der Waals surface area contributed by atoms with Crippen molar-refractivity contribution in [1.82, 2.24) is 4.98 Å². The monoisotopic (exact) mass is 448 g/mol. The highest BCUT2D eigenvalue weighted by Crippen LogP contribution is 2.27. The van der Waals surface area contributed by atoms with Gasteiger partial charge in [-0.15, -0.1) is 0 Å². The van der Waals surface area contributed by atoms with Crippen molar-refractivity contribution in [2.24, 2.45) is 5.73 Å². The van der Waals surface area contributed by atoms with E-state index >= 15 is 0 Å². The summed E-state index contributed by atoms with van der Waals surface area (Å²) in [6.07, 6.45) is 3.58. The molecule has 1 amide bonds. The number of ether oxygens (including phenoxy) is 1. The number of primary amides is 1. The molecule has 0 aliphatic rings. The number of aromatic nitrogens is 1. The molecule has 0 aliphatic heterocycles. The maximum Gasteiger partial charge on any atom is 0.254 e. The Balaban J connectivity index is 1.58. The van der Waals surface area contributed by atoms with Crippen LogP contribution in [0, 0.1) is 11.6 Å². The van der Waals surface area contributed by atoms with E-state index < -0.39 is 23.1 Å². The summed E-state index contributed by atoms with van der Waals surface area (Å²) in [5.74, 6) is -2.02. The standard InChI is InChI=1S/C23H23ClF2N2O3/c1-2-5-18-22(14-7-9-15(24)10-8-14)28-19(31-18)6-3-4-13-30-17-12-11-16(25)20(21(17)26)23(27)29/h7-12H,2-6,13H2,1H3,(H2,27,29). The summed E-state index contributed by atoms with van der Waals surface area (Å²) in [6, 6.07) is 9.55. The van der Waals surface area contributed by atoms with Crippen molar-refractivity contribution < 1.29 is 22.7 Å². The molecule has 0 radical (unpaired) electrons. The van der Waals surface area contributed by atoms with Crippen LogP contribution in [0.2, 0.25) is 5.02 Å². The van der Waals surface area contributed by atoms with E-state index in [1.165, 1.54) is 0 Å². The van der Waals surface area contributed by atoms with Gasteiger partial charge in [0.25, 0.3) is 5.91 Å². The van der Waals surface area contributed by atoms with Gasteiger partial charge in [-0.1, -0.05) is 30.7 Å². The second-order valence-corrected chi connectivity index (χ2v) is 7.48. The van der Waals surface area contributed by atoms with E-state index in [2.05, 4.69) is 11.9 Å². The molecule has 0 atom stereocenters. The van der Waals surface area contributed by atoms with Gasteiger partial charge in [0.1, 0.15) is 22.8 Å². The van der Waals surface area contributed by atoms with Crippen molar-refractivity contribution in [2.75, 3.05) is 6.61 Å². The second kappa shape index (κ2) is 10.4. The highest BCUT2D eigenvalue weighted by atomic mass is 35.5. The Morgan fingerprint density at radius 3 is 2.55 bits per heavy atom. The number of rotatable bonds is 10. The van der Waals surface area contributed by atoms with E-state index in [-0.39, 0.29) is 12.4 Å². The third-order valence-electron chi connectivity index (χ3n) is 4.68. The van der Waals surface area contributed by atoms with Crippen molar-refractivity contribution in [1.29, 1.82) is 0 Å². The Kier molecular flexibility index (Phi) is 7.63. The van der Waals surface area contributed by atoms with Crippen LogP contribution in [0.15, 0.2) is 40.8 Å². The number of unbranched alkanes of at least 4 members (excludes halogenated alkanes) is 1. The summed E-state index contributed by atoms with van der Waals surface area (Å²) in [5.41, 5.74) is 5.98. The lowest BCUT2D eigenvalue weighted by Gasteiger charge is -2.09. The molecule has 1 aromatic heterocycles. The molecule has 2 N–H and O–H groups in total. The Hall–Kier alpha value is -2.93. The van der Waals surface area contributed by atoms with Gasteiger partial charge in [-0.3, -0.25) is 4.79 Å². The summed E-state index contributed by atoms with van der Waals surface area (Å²) in [6.45, 7) is 2.26. The summed E-state index contributed by atoms with van der Waals surface area (Å²) in [4.78, 5) is 15.8. The van der Waals surface area contributed by atoms with Crippen molar-refractivity contribution in [2.45, 2.75) is 39.0 Å². The first-order chi connectivity index (χ1) is 14.9. The molecule has 0 bridgehead atoms. The fraction of sp³-hybridized carbons (Fsp3) is 0.304. The lowest BCUT2D eigenvalue weighted by molar-refractivity contribution is 0.0991. The van der Waals surface area contributed by atoms with Gasteiger partial charge >= 0.3 is 0 Å². The molecule has 5 nitrogen and oxygen atoms in total. The first-order valence-corrected chi connectivity index (χ1v) is 10.4. The van der Waals surface area contributed by atoms with Crippen LogP contribution >= 0.6 is 11.6 Å². The number of amides is 1. The van der Waals surface area contributed by atoms with E-state index in [1.807, 2.05) is 24.3 Å². The first kappa shape index (κ1) is 22.7. The van der Waals surface area contributed by atoms with Crippen LogP contribution in [0.4, 0.5) is 8.78 Å². The van der Waals surface area contributed by atoms with Crippen LogP contribution in [0.5, 0.6) is 5.75 Å². The zero-order valence-electron chi connectivity index (χ0n) is 17.1. The van der Waals surface area contributed by atoms with Gasteiger partial charge in [0.05, 0.1) is 6.61 Å². The van der Waals surface area contributed by atoms with Crippen LogP contribution in [-0.2, 0) is 12.8 Å². The van der Waals surface area contributed by atoms with Crippen LogP contribution in [0.3, 0.4) is 0 Å². The van der Waals surface area contributed by atoms with Crippen molar-refractivity contribution in [3.05, 3.63) is 70.3 Å². The molecule has 3 aromatic rings.